The molecule has 1 N–H and O–H groups in total. The zero-order chi connectivity index (χ0) is 22.7. The first-order valence-corrected chi connectivity index (χ1v) is 11.2. The molecule has 2 heterocycles. The fourth-order valence-corrected chi connectivity index (χ4v) is 4.48. The molecule has 7 nitrogen and oxygen atoms in total. The summed E-state index contributed by atoms with van der Waals surface area (Å²) in [6.45, 7) is 5.89. The van der Waals surface area contributed by atoms with Crippen LogP contribution in [0.5, 0.6) is 0 Å². The maximum absolute atomic E-state index is 12.9. The topological polar surface area (TPSA) is 73.0 Å². The number of amides is 4. The van der Waals surface area contributed by atoms with Crippen molar-refractivity contribution in [2.24, 2.45) is 0 Å². The van der Waals surface area contributed by atoms with Gasteiger partial charge in [0.1, 0.15) is 12.1 Å². The second-order valence-corrected chi connectivity index (χ2v) is 8.65. The third-order valence-electron chi connectivity index (χ3n) is 6.61. The third-order valence-corrected chi connectivity index (χ3v) is 6.61. The molecule has 2 aliphatic heterocycles. The Kier molecular flexibility index (Phi) is 6.28. The molecule has 168 valence electrons. The molecule has 2 saturated heterocycles. The number of carbonyl (C=O) groups excluding carboxylic acids is 3. The summed E-state index contributed by atoms with van der Waals surface area (Å²) in [5.74, 6) is -0.519. The number of hydrogen-bond donors (Lipinski definition) is 1. The molecule has 2 aromatic carbocycles. The van der Waals surface area contributed by atoms with E-state index >= 15 is 0 Å². The number of piperazine rings is 1. The Morgan fingerprint density at radius 3 is 1.94 bits per heavy atom. The van der Waals surface area contributed by atoms with Crippen LogP contribution in [0.15, 0.2) is 60.7 Å². The van der Waals surface area contributed by atoms with E-state index in [4.69, 9.17) is 0 Å². The molecule has 4 rings (SSSR count). The van der Waals surface area contributed by atoms with Crippen LogP contribution in [-0.2, 0) is 9.59 Å². The van der Waals surface area contributed by atoms with E-state index in [0.717, 1.165) is 4.90 Å². The number of nitrogens with one attached hydrogen (secondary N) is 1. The largest absolute Gasteiger partial charge is 0.339 e. The summed E-state index contributed by atoms with van der Waals surface area (Å²) in [5, 5.41) is 2.70. The van der Waals surface area contributed by atoms with Gasteiger partial charge in [-0.2, -0.15) is 0 Å². The molecule has 0 bridgehead atoms. The molecule has 0 aliphatic carbocycles. The van der Waals surface area contributed by atoms with Crippen molar-refractivity contribution in [3.63, 3.8) is 0 Å². The molecule has 1 unspecified atom stereocenters. The maximum atomic E-state index is 12.9. The Morgan fingerprint density at radius 1 is 0.938 bits per heavy atom. The number of urea groups is 1. The van der Waals surface area contributed by atoms with Crippen molar-refractivity contribution in [3.8, 4) is 0 Å². The highest BCUT2D eigenvalue weighted by molar-refractivity contribution is 6.08. The number of carbonyl (C=O) groups is 3. The van der Waals surface area contributed by atoms with Crippen molar-refractivity contribution in [2.45, 2.75) is 31.8 Å². The van der Waals surface area contributed by atoms with E-state index in [1.165, 1.54) is 11.1 Å². The van der Waals surface area contributed by atoms with E-state index in [1.54, 1.807) is 11.8 Å². The summed E-state index contributed by atoms with van der Waals surface area (Å²) in [5.41, 5.74) is 1.52. The number of imide groups is 1. The van der Waals surface area contributed by atoms with Gasteiger partial charge in [-0.05, 0) is 24.5 Å². The quantitative estimate of drug-likeness (QED) is 0.710. The fraction of sp³-hybridized carbons (Fsp3) is 0.400. The van der Waals surface area contributed by atoms with E-state index < -0.39 is 11.6 Å². The lowest BCUT2D eigenvalue weighted by Crippen LogP contribution is -2.52. The van der Waals surface area contributed by atoms with Gasteiger partial charge in [-0.15, -0.1) is 0 Å². The Balaban J connectivity index is 1.42. The van der Waals surface area contributed by atoms with Gasteiger partial charge in [-0.25, -0.2) is 4.79 Å². The van der Waals surface area contributed by atoms with Crippen molar-refractivity contribution < 1.29 is 14.4 Å². The lowest BCUT2D eigenvalue weighted by atomic mass is 9.96. The molecule has 0 radical (unpaired) electrons. The number of nitrogens with zero attached hydrogens (tertiary/aromatic N) is 3. The van der Waals surface area contributed by atoms with Gasteiger partial charge in [0, 0.05) is 26.2 Å². The van der Waals surface area contributed by atoms with Gasteiger partial charge in [0.15, 0.2) is 0 Å². The predicted octanol–water partition coefficient (Wildman–Crippen LogP) is 2.64. The van der Waals surface area contributed by atoms with Gasteiger partial charge < -0.3 is 10.2 Å². The van der Waals surface area contributed by atoms with Crippen LogP contribution < -0.4 is 5.32 Å². The van der Waals surface area contributed by atoms with Crippen molar-refractivity contribution in [1.29, 1.82) is 0 Å². The summed E-state index contributed by atoms with van der Waals surface area (Å²) in [4.78, 5) is 42.9. The van der Waals surface area contributed by atoms with Crippen molar-refractivity contribution >= 4 is 17.8 Å². The van der Waals surface area contributed by atoms with E-state index in [9.17, 15) is 14.4 Å². The Labute approximate surface area is 189 Å². The first kappa shape index (κ1) is 22.0. The zero-order valence-electron chi connectivity index (χ0n) is 18.7. The van der Waals surface area contributed by atoms with E-state index in [2.05, 4.69) is 34.5 Å². The summed E-state index contributed by atoms with van der Waals surface area (Å²) < 4.78 is 0. The van der Waals surface area contributed by atoms with Gasteiger partial charge >= 0.3 is 6.03 Å². The zero-order valence-corrected chi connectivity index (χ0v) is 18.7. The average Bonchev–Trinajstić information content (AvgIpc) is 3.04. The second kappa shape index (κ2) is 9.12. The summed E-state index contributed by atoms with van der Waals surface area (Å²) >= 11 is 0. The Hall–Kier alpha value is -3.19. The monoisotopic (exact) mass is 434 g/mol. The van der Waals surface area contributed by atoms with Gasteiger partial charge in [0.05, 0.1) is 6.04 Å². The number of benzene rings is 2. The van der Waals surface area contributed by atoms with Crippen LogP contribution in [0.4, 0.5) is 4.79 Å². The van der Waals surface area contributed by atoms with Crippen LogP contribution in [0.2, 0.25) is 0 Å². The molecule has 4 amide bonds. The highest BCUT2D eigenvalue weighted by Crippen LogP contribution is 2.29. The standard InChI is InChI=1S/C25H30N4O3/c1-3-25(2)23(31)29(24(32)26-25)18-21(30)27-14-16-28(17-15-27)22(19-10-6-4-7-11-19)20-12-8-5-9-13-20/h4-13,22H,3,14-18H2,1-2H3,(H,26,32). The Bertz CT molecular complexity index is 934. The normalized spacial score (nSPS) is 21.8. The fourth-order valence-electron chi connectivity index (χ4n) is 4.48. The highest BCUT2D eigenvalue weighted by Gasteiger charge is 2.47. The van der Waals surface area contributed by atoms with Crippen LogP contribution in [-0.4, -0.2) is 70.8 Å². The molecule has 0 aromatic heterocycles. The van der Waals surface area contributed by atoms with Crippen LogP contribution >= 0.6 is 0 Å². The summed E-state index contributed by atoms with van der Waals surface area (Å²) in [6, 6.07) is 20.4. The third kappa shape index (κ3) is 4.25. The maximum Gasteiger partial charge on any atom is 0.325 e. The lowest BCUT2D eigenvalue weighted by Gasteiger charge is -2.40. The molecule has 2 aliphatic rings. The average molecular weight is 435 g/mol. The molecule has 0 spiro atoms. The minimum absolute atomic E-state index is 0.117. The SMILES string of the molecule is CCC1(C)NC(=O)N(CC(=O)N2CCN(C(c3ccccc3)c3ccccc3)CC2)C1=O. The summed E-state index contributed by atoms with van der Waals surface area (Å²) in [6.07, 6.45) is 0.487. The highest BCUT2D eigenvalue weighted by atomic mass is 16.2. The van der Waals surface area contributed by atoms with Gasteiger partial charge in [-0.1, -0.05) is 67.6 Å². The van der Waals surface area contributed by atoms with Crippen LogP contribution in [0, 0.1) is 0 Å². The Morgan fingerprint density at radius 2 is 1.47 bits per heavy atom. The van der Waals surface area contributed by atoms with Gasteiger partial charge in [-0.3, -0.25) is 19.4 Å². The van der Waals surface area contributed by atoms with E-state index in [-0.39, 0.29) is 24.4 Å². The predicted molar refractivity (Wildman–Crippen MR) is 122 cm³/mol. The molecule has 2 aromatic rings. The minimum Gasteiger partial charge on any atom is -0.339 e. The minimum atomic E-state index is -0.922. The first-order valence-electron chi connectivity index (χ1n) is 11.2. The molecule has 0 saturated carbocycles. The molecule has 7 heteroatoms. The number of rotatable bonds is 6. The van der Waals surface area contributed by atoms with E-state index in [0.29, 0.717) is 32.6 Å². The van der Waals surface area contributed by atoms with Gasteiger partial charge in [0.25, 0.3) is 5.91 Å². The van der Waals surface area contributed by atoms with Gasteiger partial charge in [0.2, 0.25) is 5.91 Å². The van der Waals surface area contributed by atoms with Crippen molar-refractivity contribution in [2.75, 3.05) is 32.7 Å². The molecular weight excluding hydrogens is 404 g/mol. The molecular formula is C25H30N4O3. The number of hydrogen-bond acceptors (Lipinski definition) is 4. The van der Waals surface area contributed by atoms with Crippen LogP contribution in [0.1, 0.15) is 37.4 Å². The molecule has 32 heavy (non-hydrogen) atoms. The summed E-state index contributed by atoms with van der Waals surface area (Å²) in [7, 11) is 0. The molecule has 2 fully saturated rings. The van der Waals surface area contributed by atoms with Crippen LogP contribution in [0.3, 0.4) is 0 Å². The van der Waals surface area contributed by atoms with E-state index in [1.807, 2.05) is 43.3 Å². The molecule has 1 atom stereocenters. The first-order chi connectivity index (χ1) is 15.4. The van der Waals surface area contributed by atoms with Crippen molar-refractivity contribution in [3.05, 3.63) is 71.8 Å². The van der Waals surface area contributed by atoms with Crippen LogP contribution in [0.25, 0.3) is 0 Å². The van der Waals surface area contributed by atoms with Crippen molar-refractivity contribution in [1.82, 2.24) is 20.0 Å². The lowest BCUT2D eigenvalue weighted by molar-refractivity contribution is -0.139. The second-order valence-electron chi connectivity index (χ2n) is 8.65. The smallest absolute Gasteiger partial charge is 0.325 e.